The number of ether oxygens (including phenoxy) is 1. The van der Waals surface area contributed by atoms with Crippen LogP contribution in [0.1, 0.15) is 42.5 Å². The Labute approximate surface area is 178 Å². The SMILES string of the molecule is Cc1cc(/C=C(\C#N)C(=O)O[C@H](C(=O)N(C)C)c2ccccc2)c(C)n1CC(C)C. The summed E-state index contributed by atoms with van der Waals surface area (Å²) in [7, 11) is 3.19. The minimum Gasteiger partial charge on any atom is -0.443 e. The average Bonchev–Trinajstić information content (AvgIpc) is 2.97. The number of benzene rings is 1. The molecule has 30 heavy (non-hydrogen) atoms. The van der Waals surface area contributed by atoms with Crippen molar-refractivity contribution in [3.8, 4) is 6.07 Å². The first-order valence-electron chi connectivity index (χ1n) is 9.91. The number of likely N-dealkylation sites (N-methyl/N-ethyl adjacent to an activating group) is 1. The van der Waals surface area contributed by atoms with Crippen LogP contribution in [0.5, 0.6) is 0 Å². The van der Waals surface area contributed by atoms with Gasteiger partial charge in [0.2, 0.25) is 6.10 Å². The molecule has 0 aliphatic heterocycles. The van der Waals surface area contributed by atoms with Gasteiger partial charge in [-0.15, -0.1) is 0 Å². The molecule has 0 unspecified atom stereocenters. The summed E-state index contributed by atoms with van der Waals surface area (Å²) in [6, 6.07) is 12.7. The highest BCUT2D eigenvalue weighted by molar-refractivity contribution is 5.99. The molecule has 6 nitrogen and oxygen atoms in total. The number of carbonyl (C=O) groups excluding carboxylic acids is 2. The van der Waals surface area contributed by atoms with Crippen LogP contribution in [-0.4, -0.2) is 35.4 Å². The van der Waals surface area contributed by atoms with Crippen LogP contribution in [0.4, 0.5) is 0 Å². The second-order valence-electron chi connectivity index (χ2n) is 7.93. The number of carbonyl (C=O) groups is 2. The van der Waals surface area contributed by atoms with Crippen molar-refractivity contribution in [1.82, 2.24) is 9.47 Å². The summed E-state index contributed by atoms with van der Waals surface area (Å²) in [5.74, 6) is -0.729. The first-order chi connectivity index (χ1) is 14.1. The molecule has 0 saturated heterocycles. The molecule has 0 spiro atoms. The van der Waals surface area contributed by atoms with Crippen molar-refractivity contribution in [3.63, 3.8) is 0 Å². The van der Waals surface area contributed by atoms with E-state index in [1.807, 2.05) is 32.0 Å². The van der Waals surface area contributed by atoms with Gasteiger partial charge < -0.3 is 14.2 Å². The van der Waals surface area contributed by atoms with E-state index in [1.54, 1.807) is 38.4 Å². The second-order valence-corrected chi connectivity index (χ2v) is 7.93. The van der Waals surface area contributed by atoms with E-state index in [1.165, 1.54) is 11.0 Å². The van der Waals surface area contributed by atoms with Crippen LogP contribution in [0.15, 0.2) is 42.0 Å². The maximum absolute atomic E-state index is 12.8. The molecule has 1 aromatic heterocycles. The Bertz CT molecular complexity index is 979. The Balaban J connectivity index is 2.35. The molecule has 1 aromatic carbocycles. The molecular weight excluding hydrogens is 378 g/mol. The lowest BCUT2D eigenvalue weighted by Crippen LogP contribution is -2.31. The van der Waals surface area contributed by atoms with Gasteiger partial charge in [-0.3, -0.25) is 4.79 Å². The lowest BCUT2D eigenvalue weighted by atomic mass is 10.1. The lowest BCUT2D eigenvalue weighted by Gasteiger charge is -2.21. The number of nitrogens with zero attached hydrogens (tertiary/aromatic N) is 3. The Morgan fingerprint density at radius 2 is 1.83 bits per heavy atom. The Hall–Kier alpha value is -3.33. The minimum absolute atomic E-state index is 0.146. The predicted molar refractivity (Wildman–Crippen MR) is 116 cm³/mol. The van der Waals surface area contributed by atoms with Gasteiger partial charge in [-0.05, 0) is 37.5 Å². The minimum atomic E-state index is -1.11. The second kappa shape index (κ2) is 9.93. The fourth-order valence-electron chi connectivity index (χ4n) is 3.21. The van der Waals surface area contributed by atoms with Crippen LogP contribution in [-0.2, 0) is 20.9 Å². The van der Waals surface area contributed by atoms with Crippen molar-refractivity contribution in [1.29, 1.82) is 5.26 Å². The van der Waals surface area contributed by atoms with Crippen molar-refractivity contribution in [2.75, 3.05) is 14.1 Å². The number of hydrogen-bond acceptors (Lipinski definition) is 4. The zero-order valence-corrected chi connectivity index (χ0v) is 18.5. The summed E-state index contributed by atoms with van der Waals surface area (Å²) >= 11 is 0. The fraction of sp³-hybridized carbons (Fsp3) is 0.375. The summed E-state index contributed by atoms with van der Waals surface area (Å²) < 4.78 is 7.66. The lowest BCUT2D eigenvalue weighted by molar-refractivity contribution is -0.156. The monoisotopic (exact) mass is 407 g/mol. The number of esters is 1. The number of amides is 1. The Morgan fingerprint density at radius 1 is 1.20 bits per heavy atom. The highest BCUT2D eigenvalue weighted by Gasteiger charge is 2.28. The molecule has 0 saturated carbocycles. The highest BCUT2D eigenvalue weighted by atomic mass is 16.5. The van der Waals surface area contributed by atoms with Gasteiger partial charge in [0.05, 0.1) is 0 Å². The third kappa shape index (κ3) is 5.38. The van der Waals surface area contributed by atoms with E-state index >= 15 is 0 Å². The van der Waals surface area contributed by atoms with Crippen molar-refractivity contribution in [3.05, 3.63) is 64.5 Å². The average molecular weight is 408 g/mol. The van der Waals surface area contributed by atoms with Gasteiger partial charge >= 0.3 is 5.97 Å². The van der Waals surface area contributed by atoms with Gasteiger partial charge in [0.15, 0.2) is 0 Å². The number of aromatic nitrogens is 1. The molecule has 2 aromatic rings. The van der Waals surface area contributed by atoms with Gasteiger partial charge in [-0.2, -0.15) is 5.26 Å². The smallest absolute Gasteiger partial charge is 0.350 e. The molecule has 1 atom stereocenters. The molecule has 0 aliphatic carbocycles. The van der Waals surface area contributed by atoms with E-state index < -0.39 is 12.1 Å². The molecule has 158 valence electrons. The number of nitriles is 1. The number of rotatable bonds is 7. The molecule has 0 aliphatic rings. The third-order valence-corrected chi connectivity index (χ3v) is 4.79. The summed E-state index contributed by atoms with van der Waals surface area (Å²) in [5, 5.41) is 9.58. The quantitative estimate of drug-likeness (QED) is 0.394. The highest BCUT2D eigenvalue weighted by Crippen LogP contribution is 2.23. The summed E-state index contributed by atoms with van der Waals surface area (Å²) in [5.41, 5.74) is 3.23. The van der Waals surface area contributed by atoms with Crippen LogP contribution in [0.2, 0.25) is 0 Å². The molecular formula is C24H29N3O3. The maximum atomic E-state index is 12.8. The zero-order chi connectivity index (χ0) is 22.4. The molecule has 0 radical (unpaired) electrons. The Kier molecular flexibility index (Phi) is 7.60. The van der Waals surface area contributed by atoms with Crippen molar-refractivity contribution < 1.29 is 14.3 Å². The van der Waals surface area contributed by atoms with E-state index in [2.05, 4.69) is 18.4 Å². The van der Waals surface area contributed by atoms with Gasteiger partial charge in [-0.1, -0.05) is 44.2 Å². The van der Waals surface area contributed by atoms with Crippen LogP contribution in [0.25, 0.3) is 6.08 Å². The largest absolute Gasteiger partial charge is 0.443 e. The first kappa shape index (κ1) is 23.0. The molecule has 0 fully saturated rings. The Morgan fingerprint density at radius 3 is 2.37 bits per heavy atom. The molecule has 6 heteroatoms. The number of aryl methyl sites for hydroxylation is 1. The normalized spacial score (nSPS) is 12.4. The summed E-state index contributed by atoms with van der Waals surface area (Å²) in [4.78, 5) is 26.7. The van der Waals surface area contributed by atoms with Crippen LogP contribution in [0.3, 0.4) is 0 Å². The van der Waals surface area contributed by atoms with Crippen LogP contribution >= 0.6 is 0 Å². The van der Waals surface area contributed by atoms with E-state index in [0.29, 0.717) is 11.5 Å². The number of hydrogen-bond donors (Lipinski definition) is 0. The van der Waals surface area contributed by atoms with Crippen molar-refractivity contribution in [2.45, 2.75) is 40.3 Å². The standard InChI is InChI=1S/C24H29N3O3/c1-16(2)15-27-17(3)12-20(18(27)4)13-21(14-25)24(29)30-22(23(28)26(5)6)19-10-8-7-9-11-19/h7-13,16,22H,15H2,1-6H3/b21-13+/t22-/m0/s1. The van der Waals surface area contributed by atoms with E-state index in [4.69, 9.17) is 4.74 Å². The molecule has 1 amide bonds. The fourth-order valence-corrected chi connectivity index (χ4v) is 3.21. The zero-order valence-electron chi connectivity index (χ0n) is 18.5. The van der Waals surface area contributed by atoms with E-state index in [0.717, 1.165) is 23.5 Å². The first-order valence-corrected chi connectivity index (χ1v) is 9.91. The predicted octanol–water partition coefficient (Wildman–Crippen LogP) is 4.04. The molecule has 1 heterocycles. The third-order valence-electron chi connectivity index (χ3n) is 4.79. The topological polar surface area (TPSA) is 75.3 Å². The molecule has 0 N–H and O–H groups in total. The van der Waals surface area contributed by atoms with Gasteiger partial charge in [0.25, 0.3) is 5.91 Å². The van der Waals surface area contributed by atoms with Crippen LogP contribution < -0.4 is 0 Å². The van der Waals surface area contributed by atoms with Gasteiger partial charge in [0.1, 0.15) is 11.6 Å². The van der Waals surface area contributed by atoms with Gasteiger partial charge in [-0.25, -0.2) is 4.79 Å². The van der Waals surface area contributed by atoms with E-state index in [9.17, 15) is 14.9 Å². The summed E-state index contributed by atoms with van der Waals surface area (Å²) in [6.45, 7) is 9.09. The molecule has 2 rings (SSSR count). The van der Waals surface area contributed by atoms with Crippen molar-refractivity contribution >= 4 is 18.0 Å². The van der Waals surface area contributed by atoms with Crippen LogP contribution in [0, 0.1) is 31.1 Å². The van der Waals surface area contributed by atoms with Gasteiger partial charge in [0, 0.05) is 37.6 Å². The summed E-state index contributed by atoms with van der Waals surface area (Å²) in [6.07, 6.45) is 0.419. The maximum Gasteiger partial charge on any atom is 0.350 e. The van der Waals surface area contributed by atoms with E-state index in [-0.39, 0.29) is 11.5 Å². The molecule has 0 bridgehead atoms. The van der Waals surface area contributed by atoms with Crippen molar-refractivity contribution in [2.24, 2.45) is 5.92 Å².